The molecule has 0 bridgehead atoms. The molecular formula is C10H16N4O2. The number of aromatic nitrogens is 2. The van der Waals surface area contributed by atoms with Crippen LogP contribution in [0.1, 0.15) is 43.9 Å². The van der Waals surface area contributed by atoms with Gasteiger partial charge in [0, 0.05) is 12.3 Å². The summed E-state index contributed by atoms with van der Waals surface area (Å²) in [5.41, 5.74) is 5.34. The number of carbonyl (C=O) groups is 1. The Labute approximate surface area is 93.6 Å². The number of hydrogen-bond acceptors (Lipinski definition) is 5. The number of nitrogens with zero attached hydrogens (tertiary/aromatic N) is 2. The summed E-state index contributed by atoms with van der Waals surface area (Å²) in [6.45, 7) is 0.611. The molecule has 3 N–H and O–H groups in total. The Morgan fingerprint density at radius 3 is 2.94 bits per heavy atom. The maximum Gasteiger partial charge on any atom is 0.322 e. The largest absolute Gasteiger partial charge is 0.408 e. The van der Waals surface area contributed by atoms with Gasteiger partial charge in [-0.1, -0.05) is 5.10 Å². The van der Waals surface area contributed by atoms with Crippen LogP contribution in [0.3, 0.4) is 0 Å². The van der Waals surface area contributed by atoms with Crippen molar-refractivity contribution in [1.29, 1.82) is 0 Å². The van der Waals surface area contributed by atoms with Gasteiger partial charge in [0.15, 0.2) is 0 Å². The van der Waals surface area contributed by atoms with Crippen molar-refractivity contribution in [2.75, 3.05) is 11.9 Å². The summed E-state index contributed by atoms with van der Waals surface area (Å²) in [6, 6.07) is 0.208. The summed E-state index contributed by atoms with van der Waals surface area (Å²) in [7, 11) is 0. The Morgan fingerprint density at radius 2 is 2.25 bits per heavy atom. The minimum atomic E-state index is -0.0977. The summed E-state index contributed by atoms with van der Waals surface area (Å²) >= 11 is 0. The molecule has 0 aliphatic heterocycles. The van der Waals surface area contributed by atoms with E-state index in [1.54, 1.807) is 0 Å². The molecule has 0 aromatic carbocycles. The molecule has 2 rings (SSSR count). The third-order valence-electron chi connectivity index (χ3n) is 2.47. The van der Waals surface area contributed by atoms with Crippen molar-refractivity contribution in [2.45, 2.75) is 38.0 Å². The van der Waals surface area contributed by atoms with E-state index in [0.29, 0.717) is 24.8 Å². The summed E-state index contributed by atoms with van der Waals surface area (Å²) < 4.78 is 5.31. The highest BCUT2D eigenvalue weighted by atomic mass is 16.4. The van der Waals surface area contributed by atoms with Crippen molar-refractivity contribution in [2.24, 2.45) is 5.73 Å². The van der Waals surface area contributed by atoms with Gasteiger partial charge in [-0.15, -0.1) is 5.10 Å². The normalized spacial score (nSPS) is 15.1. The standard InChI is InChI=1S/C10H16N4O2/c11-6-2-1-3-8(15)12-10-14-13-9(16-10)7-4-5-7/h7H,1-6,11H2,(H,12,14,15). The first-order valence-corrected chi connectivity index (χ1v) is 5.63. The number of nitrogens with one attached hydrogen (secondary N) is 1. The molecule has 1 amide bonds. The highest BCUT2D eigenvalue weighted by Gasteiger charge is 2.29. The van der Waals surface area contributed by atoms with Crippen LogP contribution in [0.4, 0.5) is 6.01 Å². The van der Waals surface area contributed by atoms with Crippen LogP contribution in [0.15, 0.2) is 4.42 Å². The topological polar surface area (TPSA) is 94.0 Å². The molecule has 0 radical (unpaired) electrons. The molecule has 1 aromatic rings. The van der Waals surface area contributed by atoms with E-state index in [9.17, 15) is 4.79 Å². The number of carbonyl (C=O) groups excluding carboxylic acids is 1. The van der Waals surface area contributed by atoms with E-state index in [1.165, 1.54) is 0 Å². The molecule has 1 heterocycles. The minimum absolute atomic E-state index is 0.0977. The maximum atomic E-state index is 11.4. The predicted molar refractivity (Wildman–Crippen MR) is 57.8 cm³/mol. The van der Waals surface area contributed by atoms with Crippen molar-refractivity contribution in [3.05, 3.63) is 5.89 Å². The molecule has 1 saturated carbocycles. The Hall–Kier alpha value is -1.43. The highest BCUT2D eigenvalue weighted by molar-refractivity contribution is 5.88. The highest BCUT2D eigenvalue weighted by Crippen LogP contribution is 2.39. The molecule has 1 fully saturated rings. The lowest BCUT2D eigenvalue weighted by Crippen LogP contribution is -2.12. The van der Waals surface area contributed by atoms with Gasteiger partial charge in [0.25, 0.3) is 0 Å². The predicted octanol–water partition coefficient (Wildman–Crippen LogP) is 1.01. The Kier molecular flexibility index (Phi) is 3.51. The summed E-state index contributed by atoms with van der Waals surface area (Å²) in [4.78, 5) is 11.4. The van der Waals surface area contributed by atoms with E-state index >= 15 is 0 Å². The molecule has 0 unspecified atom stereocenters. The second-order valence-electron chi connectivity index (χ2n) is 4.01. The molecule has 1 aliphatic rings. The van der Waals surface area contributed by atoms with Crippen LogP contribution in [0, 0.1) is 0 Å². The van der Waals surface area contributed by atoms with Gasteiger partial charge in [-0.3, -0.25) is 10.1 Å². The van der Waals surface area contributed by atoms with E-state index in [2.05, 4.69) is 15.5 Å². The molecule has 0 saturated heterocycles. The van der Waals surface area contributed by atoms with E-state index < -0.39 is 0 Å². The molecular weight excluding hydrogens is 208 g/mol. The van der Waals surface area contributed by atoms with Gasteiger partial charge in [-0.25, -0.2) is 0 Å². The van der Waals surface area contributed by atoms with Gasteiger partial charge in [-0.05, 0) is 32.2 Å². The SMILES string of the molecule is NCCCCC(=O)Nc1nnc(C2CC2)o1. The quantitative estimate of drug-likeness (QED) is 0.703. The lowest BCUT2D eigenvalue weighted by Gasteiger charge is -1.98. The van der Waals surface area contributed by atoms with Crippen LogP contribution in [-0.2, 0) is 4.79 Å². The van der Waals surface area contributed by atoms with Crippen molar-refractivity contribution < 1.29 is 9.21 Å². The number of amides is 1. The lowest BCUT2D eigenvalue weighted by molar-refractivity contribution is -0.116. The van der Waals surface area contributed by atoms with Gasteiger partial charge >= 0.3 is 6.01 Å². The second-order valence-corrected chi connectivity index (χ2v) is 4.01. The van der Waals surface area contributed by atoms with E-state index in [1.807, 2.05) is 0 Å². The molecule has 16 heavy (non-hydrogen) atoms. The Bertz CT molecular complexity index is 359. The first-order chi connectivity index (χ1) is 7.79. The van der Waals surface area contributed by atoms with E-state index in [4.69, 9.17) is 10.2 Å². The third kappa shape index (κ3) is 3.03. The first kappa shape index (κ1) is 11.1. The number of unbranched alkanes of at least 4 members (excludes halogenated alkanes) is 1. The van der Waals surface area contributed by atoms with Crippen molar-refractivity contribution >= 4 is 11.9 Å². The third-order valence-corrected chi connectivity index (χ3v) is 2.47. The fraction of sp³-hybridized carbons (Fsp3) is 0.700. The first-order valence-electron chi connectivity index (χ1n) is 5.63. The van der Waals surface area contributed by atoms with Crippen LogP contribution in [0.5, 0.6) is 0 Å². The number of hydrogen-bond donors (Lipinski definition) is 2. The Balaban J connectivity index is 1.76. The number of anilines is 1. The molecule has 0 spiro atoms. The fourth-order valence-corrected chi connectivity index (χ4v) is 1.39. The van der Waals surface area contributed by atoms with E-state index in [0.717, 1.165) is 25.7 Å². The molecule has 88 valence electrons. The Morgan fingerprint density at radius 1 is 1.44 bits per heavy atom. The average Bonchev–Trinajstić information content (AvgIpc) is 3.01. The molecule has 6 nitrogen and oxygen atoms in total. The smallest absolute Gasteiger partial charge is 0.322 e. The molecule has 1 aliphatic carbocycles. The lowest BCUT2D eigenvalue weighted by atomic mass is 10.2. The monoisotopic (exact) mass is 224 g/mol. The maximum absolute atomic E-state index is 11.4. The van der Waals surface area contributed by atoms with Gasteiger partial charge in [0.05, 0.1) is 0 Å². The van der Waals surface area contributed by atoms with Gasteiger partial charge in [-0.2, -0.15) is 0 Å². The fourth-order valence-electron chi connectivity index (χ4n) is 1.39. The van der Waals surface area contributed by atoms with Crippen molar-refractivity contribution in [3.63, 3.8) is 0 Å². The van der Waals surface area contributed by atoms with Gasteiger partial charge < -0.3 is 10.2 Å². The van der Waals surface area contributed by atoms with Crippen molar-refractivity contribution in [1.82, 2.24) is 10.2 Å². The zero-order valence-electron chi connectivity index (χ0n) is 9.11. The van der Waals surface area contributed by atoms with Crippen molar-refractivity contribution in [3.8, 4) is 0 Å². The van der Waals surface area contributed by atoms with Crippen LogP contribution < -0.4 is 11.1 Å². The van der Waals surface area contributed by atoms with E-state index in [-0.39, 0.29) is 11.9 Å². The van der Waals surface area contributed by atoms with Crippen LogP contribution in [0.25, 0.3) is 0 Å². The summed E-state index contributed by atoms with van der Waals surface area (Å²) in [5.74, 6) is 0.951. The van der Waals surface area contributed by atoms with Crippen LogP contribution >= 0.6 is 0 Å². The second kappa shape index (κ2) is 5.07. The summed E-state index contributed by atoms with van der Waals surface area (Å²) in [5, 5.41) is 10.2. The van der Waals surface area contributed by atoms with Gasteiger partial charge in [0.1, 0.15) is 0 Å². The van der Waals surface area contributed by atoms with Crippen LogP contribution in [0.2, 0.25) is 0 Å². The minimum Gasteiger partial charge on any atom is -0.408 e. The van der Waals surface area contributed by atoms with Crippen LogP contribution in [-0.4, -0.2) is 22.6 Å². The summed E-state index contributed by atoms with van der Waals surface area (Å²) in [6.07, 6.45) is 4.28. The molecule has 1 aromatic heterocycles. The number of nitrogens with two attached hydrogens (primary N) is 1. The number of rotatable bonds is 6. The average molecular weight is 224 g/mol. The zero-order chi connectivity index (χ0) is 11.4. The molecule has 0 atom stereocenters. The van der Waals surface area contributed by atoms with Gasteiger partial charge in [0.2, 0.25) is 11.8 Å². The molecule has 6 heteroatoms. The zero-order valence-corrected chi connectivity index (χ0v) is 9.11.